The maximum absolute atomic E-state index is 5.31. The lowest BCUT2D eigenvalue weighted by molar-refractivity contribution is 0.419. The lowest BCUT2D eigenvalue weighted by Crippen LogP contribution is -1.83. The highest BCUT2D eigenvalue weighted by atomic mass is 16.5. The van der Waals surface area contributed by atoms with Gasteiger partial charge in [-0.05, 0) is 25.0 Å². The Morgan fingerprint density at radius 2 is 2.14 bits per heavy atom. The summed E-state index contributed by atoms with van der Waals surface area (Å²) >= 11 is 0. The number of aromatic amines is 1. The van der Waals surface area contributed by atoms with Crippen molar-refractivity contribution < 1.29 is 4.74 Å². The zero-order valence-corrected chi connectivity index (χ0v) is 8.85. The van der Waals surface area contributed by atoms with E-state index in [0.29, 0.717) is 0 Å². The smallest absolute Gasteiger partial charge is 0.142 e. The number of hydrogen-bond donors (Lipinski definition) is 1. The van der Waals surface area contributed by atoms with E-state index in [-0.39, 0.29) is 0 Å². The summed E-state index contributed by atoms with van der Waals surface area (Å²) in [7, 11) is 1.70. The largest absolute Gasteiger partial charge is 0.495 e. The van der Waals surface area contributed by atoms with E-state index >= 15 is 0 Å². The standard InChI is InChI=1S/C12H15NO/c1-4-10-8(2)9-6-5-7-11(14-3)12(9)13-10/h5-7,13H,4H2,1-3H3. The molecule has 0 amide bonds. The second-order valence-corrected chi connectivity index (χ2v) is 3.46. The number of H-pyrrole nitrogens is 1. The van der Waals surface area contributed by atoms with E-state index in [1.54, 1.807) is 7.11 Å². The minimum absolute atomic E-state index is 0.922. The first-order valence-corrected chi connectivity index (χ1v) is 4.92. The normalized spacial score (nSPS) is 10.8. The van der Waals surface area contributed by atoms with Gasteiger partial charge in [0, 0.05) is 11.1 Å². The first kappa shape index (κ1) is 9.13. The van der Waals surface area contributed by atoms with E-state index in [1.807, 2.05) is 12.1 Å². The molecule has 0 bridgehead atoms. The van der Waals surface area contributed by atoms with Crippen molar-refractivity contribution >= 4 is 10.9 Å². The molecule has 0 aliphatic heterocycles. The molecule has 2 heteroatoms. The van der Waals surface area contributed by atoms with Crippen LogP contribution >= 0.6 is 0 Å². The predicted octanol–water partition coefficient (Wildman–Crippen LogP) is 3.05. The van der Waals surface area contributed by atoms with Gasteiger partial charge < -0.3 is 9.72 Å². The number of benzene rings is 1. The van der Waals surface area contributed by atoms with Gasteiger partial charge in [0.25, 0.3) is 0 Å². The molecule has 1 N–H and O–H groups in total. The molecule has 0 atom stereocenters. The molecule has 1 aromatic heterocycles. The minimum Gasteiger partial charge on any atom is -0.495 e. The van der Waals surface area contributed by atoms with Gasteiger partial charge in [0.05, 0.1) is 12.6 Å². The van der Waals surface area contributed by atoms with Crippen LogP contribution in [-0.4, -0.2) is 12.1 Å². The van der Waals surface area contributed by atoms with Crippen LogP contribution in [0.1, 0.15) is 18.2 Å². The maximum Gasteiger partial charge on any atom is 0.142 e. The Labute approximate surface area is 83.9 Å². The topological polar surface area (TPSA) is 25.0 Å². The summed E-state index contributed by atoms with van der Waals surface area (Å²) in [6.45, 7) is 4.31. The average Bonchev–Trinajstić information content (AvgIpc) is 2.55. The molecular weight excluding hydrogens is 174 g/mol. The maximum atomic E-state index is 5.31. The molecule has 0 aliphatic rings. The average molecular weight is 189 g/mol. The van der Waals surface area contributed by atoms with E-state index in [4.69, 9.17) is 4.74 Å². The monoisotopic (exact) mass is 189 g/mol. The van der Waals surface area contributed by atoms with Crippen molar-refractivity contribution in [2.75, 3.05) is 7.11 Å². The highest BCUT2D eigenvalue weighted by molar-refractivity contribution is 5.89. The molecule has 0 saturated carbocycles. The number of nitrogens with one attached hydrogen (secondary N) is 1. The van der Waals surface area contributed by atoms with Gasteiger partial charge in [0.1, 0.15) is 5.75 Å². The van der Waals surface area contributed by atoms with Gasteiger partial charge in [-0.2, -0.15) is 0 Å². The van der Waals surface area contributed by atoms with Crippen LogP contribution in [-0.2, 0) is 6.42 Å². The molecule has 1 heterocycles. The number of aryl methyl sites for hydroxylation is 2. The highest BCUT2D eigenvalue weighted by Gasteiger charge is 2.08. The number of rotatable bonds is 2. The molecule has 0 radical (unpaired) electrons. The fraction of sp³-hybridized carbons (Fsp3) is 0.333. The van der Waals surface area contributed by atoms with E-state index in [0.717, 1.165) is 17.7 Å². The fourth-order valence-electron chi connectivity index (χ4n) is 1.90. The molecule has 0 unspecified atom stereocenters. The van der Waals surface area contributed by atoms with Gasteiger partial charge in [-0.1, -0.05) is 19.1 Å². The quantitative estimate of drug-likeness (QED) is 0.771. The number of fused-ring (bicyclic) bond motifs is 1. The molecular formula is C12H15NO. The fourth-order valence-corrected chi connectivity index (χ4v) is 1.90. The van der Waals surface area contributed by atoms with Crippen molar-refractivity contribution in [1.82, 2.24) is 4.98 Å². The lowest BCUT2D eigenvalue weighted by Gasteiger charge is -2.00. The van der Waals surface area contributed by atoms with E-state index in [1.165, 1.54) is 16.6 Å². The summed E-state index contributed by atoms with van der Waals surface area (Å²) in [6.07, 6.45) is 1.03. The molecule has 74 valence electrons. The molecule has 0 spiro atoms. The highest BCUT2D eigenvalue weighted by Crippen LogP contribution is 2.29. The van der Waals surface area contributed by atoms with Crippen LogP contribution in [0, 0.1) is 6.92 Å². The summed E-state index contributed by atoms with van der Waals surface area (Å²) in [5, 5.41) is 1.27. The number of aromatic nitrogens is 1. The predicted molar refractivity (Wildman–Crippen MR) is 59.0 cm³/mol. The molecule has 0 aliphatic carbocycles. The second kappa shape index (κ2) is 3.37. The van der Waals surface area contributed by atoms with Crippen molar-refractivity contribution in [2.24, 2.45) is 0 Å². The Kier molecular flexibility index (Phi) is 2.20. The summed E-state index contributed by atoms with van der Waals surface area (Å²) in [5.41, 5.74) is 3.75. The summed E-state index contributed by atoms with van der Waals surface area (Å²) in [6, 6.07) is 6.14. The van der Waals surface area contributed by atoms with Gasteiger partial charge in [-0.3, -0.25) is 0 Å². The Morgan fingerprint density at radius 3 is 2.79 bits per heavy atom. The SMILES string of the molecule is CCc1[nH]c2c(OC)cccc2c1C. The van der Waals surface area contributed by atoms with Gasteiger partial charge in [0.2, 0.25) is 0 Å². The van der Waals surface area contributed by atoms with Crippen LogP contribution < -0.4 is 4.74 Å². The van der Waals surface area contributed by atoms with Gasteiger partial charge in [0.15, 0.2) is 0 Å². The minimum atomic E-state index is 0.922. The van der Waals surface area contributed by atoms with Crippen molar-refractivity contribution in [2.45, 2.75) is 20.3 Å². The van der Waals surface area contributed by atoms with Crippen LogP contribution in [0.2, 0.25) is 0 Å². The third-order valence-electron chi connectivity index (χ3n) is 2.73. The number of methoxy groups -OCH3 is 1. The number of ether oxygens (including phenoxy) is 1. The first-order chi connectivity index (χ1) is 6.77. The third-order valence-corrected chi connectivity index (χ3v) is 2.73. The van der Waals surface area contributed by atoms with E-state index in [2.05, 4.69) is 24.9 Å². The van der Waals surface area contributed by atoms with E-state index < -0.39 is 0 Å². The van der Waals surface area contributed by atoms with E-state index in [9.17, 15) is 0 Å². The molecule has 2 nitrogen and oxygen atoms in total. The Morgan fingerprint density at radius 1 is 1.36 bits per heavy atom. The number of para-hydroxylation sites is 1. The summed E-state index contributed by atoms with van der Waals surface area (Å²) in [4.78, 5) is 3.41. The van der Waals surface area contributed by atoms with Gasteiger partial charge in [-0.15, -0.1) is 0 Å². The van der Waals surface area contributed by atoms with Crippen molar-refractivity contribution in [3.63, 3.8) is 0 Å². The molecule has 1 aromatic carbocycles. The van der Waals surface area contributed by atoms with Crippen molar-refractivity contribution in [3.8, 4) is 5.75 Å². The molecule has 2 aromatic rings. The summed E-state index contributed by atoms with van der Waals surface area (Å²) < 4.78 is 5.31. The van der Waals surface area contributed by atoms with Crippen LogP contribution in [0.5, 0.6) is 5.75 Å². The number of hydrogen-bond acceptors (Lipinski definition) is 1. The van der Waals surface area contributed by atoms with Gasteiger partial charge >= 0.3 is 0 Å². The Bertz CT molecular complexity index is 457. The third kappa shape index (κ3) is 1.18. The summed E-state index contributed by atoms with van der Waals surface area (Å²) in [5.74, 6) is 0.922. The van der Waals surface area contributed by atoms with Crippen LogP contribution in [0.15, 0.2) is 18.2 Å². The first-order valence-electron chi connectivity index (χ1n) is 4.92. The molecule has 0 fully saturated rings. The lowest BCUT2D eigenvalue weighted by atomic mass is 10.1. The zero-order valence-electron chi connectivity index (χ0n) is 8.85. The van der Waals surface area contributed by atoms with Crippen LogP contribution in [0.25, 0.3) is 10.9 Å². The van der Waals surface area contributed by atoms with Crippen molar-refractivity contribution in [1.29, 1.82) is 0 Å². The Hall–Kier alpha value is -1.44. The Balaban J connectivity index is 2.77. The van der Waals surface area contributed by atoms with Crippen LogP contribution in [0.4, 0.5) is 0 Å². The zero-order chi connectivity index (χ0) is 10.1. The van der Waals surface area contributed by atoms with Crippen molar-refractivity contribution in [3.05, 3.63) is 29.5 Å². The second-order valence-electron chi connectivity index (χ2n) is 3.46. The van der Waals surface area contributed by atoms with Gasteiger partial charge in [-0.25, -0.2) is 0 Å². The van der Waals surface area contributed by atoms with Crippen LogP contribution in [0.3, 0.4) is 0 Å². The molecule has 2 rings (SSSR count). The molecule has 0 saturated heterocycles. The molecule has 14 heavy (non-hydrogen) atoms.